The van der Waals surface area contributed by atoms with Crippen LogP contribution in [0.25, 0.3) is 0 Å². The van der Waals surface area contributed by atoms with Crippen LogP contribution in [0.15, 0.2) is 0 Å². The molecule has 0 aromatic rings. The maximum Gasteiger partial charge on any atom is 0.311 e. The zero-order valence-electron chi connectivity index (χ0n) is 8.26. The Morgan fingerprint density at radius 2 is 1.92 bits per heavy atom. The number of ether oxygens (including phenoxy) is 1. The SMILES string of the molecule is CCC(O)(CC)C(C)C(=O)OC. The van der Waals surface area contributed by atoms with Crippen LogP contribution >= 0.6 is 0 Å². The minimum Gasteiger partial charge on any atom is -0.469 e. The van der Waals surface area contributed by atoms with E-state index >= 15 is 0 Å². The fourth-order valence-corrected chi connectivity index (χ4v) is 1.26. The lowest BCUT2D eigenvalue weighted by Crippen LogP contribution is -2.40. The molecule has 1 N–H and O–H groups in total. The number of esters is 1. The van der Waals surface area contributed by atoms with Gasteiger partial charge >= 0.3 is 5.97 Å². The summed E-state index contributed by atoms with van der Waals surface area (Å²) in [6, 6.07) is 0. The second kappa shape index (κ2) is 4.45. The van der Waals surface area contributed by atoms with Gasteiger partial charge in [-0.05, 0) is 19.8 Å². The highest BCUT2D eigenvalue weighted by Gasteiger charge is 2.35. The van der Waals surface area contributed by atoms with Crippen LogP contribution in [0.2, 0.25) is 0 Å². The molecular weight excluding hydrogens is 156 g/mol. The van der Waals surface area contributed by atoms with Crippen LogP contribution < -0.4 is 0 Å². The second-order valence-corrected chi connectivity index (χ2v) is 3.06. The Morgan fingerprint density at radius 3 is 2.17 bits per heavy atom. The van der Waals surface area contributed by atoms with Crippen LogP contribution in [0.5, 0.6) is 0 Å². The van der Waals surface area contributed by atoms with E-state index in [4.69, 9.17) is 0 Å². The predicted octanol–water partition coefficient (Wildman–Crippen LogP) is 1.35. The Balaban J connectivity index is 4.40. The quantitative estimate of drug-likeness (QED) is 0.654. The molecule has 0 aliphatic carbocycles. The molecule has 12 heavy (non-hydrogen) atoms. The number of hydrogen-bond donors (Lipinski definition) is 1. The van der Waals surface area contributed by atoms with Crippen molar-refractivity contribution in [1.82, 2.24) is 0 Å². The topological polar surface area (TPSA) is 46.5 Å². The Kier molecular flexibility index (Phi) is 4.24. The third-order valence-corrected chi connectivity index (χ3v) is 2.59. The molecule has 0 aromatic carbocycles. The van der Waals surface area contributed by atoms with Crippen LogP contribution in [0.3, 0.4) is 0 Å². The highest BCUT2D eigenvalue weighted by molar-refractivity contribution is 5.73. The highest BCUT2D eigenvalue weighted by Crippen LogP contribution is 2.25. The van der Waals surface area contributed by atoms with E-state index < -0.39 is 11.5 Å². The van der Waals surface area contributed by atoms with Crippen molar-refractivity contribution in [2.45, 2.75) is 39.2 Å². The van der Waals surface area contributed by atoms with E-state index in [9.17, 15) is 9.90 Å². The number of methoxy groups -OCH3 is 1. The Morgan fingerprint density at radius 1 is 1.50 bits per heavy atom. The zero-order chi connectivity index (χ0) is 9.78. The van der Waals surface area contributed by atoms with Crippen LogP contribution in [0, 0.1) is 5.92 Å². The first-order chi connectivity index (χ1) is 5.51. The van der Waals surface area contributed by atoms with Gasteiger partial charge in [0.1, 0.15) is 0 Å². The summed E-state index contributed by atoms with van der Waals surface area (Å²) in [5.74, 6) is -0.793. The number of aliphatic hydroxyl groups is 1. The van der Waals surface area contributed by atoms with E-state index in [-0.39, 0.29) is 5.97 Å². The van der Waals surface area contributed by atoms with E-state index in [1.807, 2.05) is 13.8 Å². The van der Waals surface area contributed by atoms with Gasteiger partial charge in [-0.1, -0.05) is 13.8 Å². The monoisotopic (exact) mass is 174 g/mol. The van der Waals surface area contributed by atoms with Gasteiger partial charge in [0.15, 0.2) is 0 Å². The van der Waals surface area contributed by atoms with Crippen LogP contribution in [-0.2, 0) is 9.53 Å². The van der Waals surface area contributed by atoms with E-state index in [1.54, 1.807) is 6.92 Å². The molecule has 0 aliphatic heterocycles. The summed E-state index contributed by atoms with van der Waals surface area (Å²) in [6.45, 7) is 5.42. The normalized spacial score (nSPS) is 14.1. The molecule has 1 atom stereocenters. The van der Waals surface area contributed by atoms with Gasteiger partial charge in [-0.2, -0.15) is 0 Å². The van der Waals surface area contributed by atoms with Gasteiger partial charge < -0.3 is 9.84 Å². The van der Waals surface area contributed by atoms with Crippen molar-refractivity contribution in [3.05, 3.63) is 0 Å². The number of rotatable bonds is 4. The average Bonchev–Trinajstić information content (AvgIpc) is 2.14. The third kappa shape index (κ3) is 2.21. The summed E-state index contributed by atoms with van der Waals surface area (Å²) in [5, 5.41) is 9.90. The van der Waals surface area contributed by atoms with E-state index in [2.05, 4.69) is 4.74 Å². The second-order valence-electron chi connectivity index (χ2n) is 3.06. The van der Waals surface area contributed by atoms with Crippen molar-refractivity contribution in [2.24, 2.45) is 5.92 Å². The number of carbonyl (C=O) groups excluding carboxylic acids is 1. The van der Waals surface area contributed by atoms with Gasteiger partial charge in [0.25, 0.3) is 0 Å². The average molecular weight is 174 g/mol. The van der Waals surface area contributed by atoms with Crippen molar-refractivity contribution >= 4 is 5.97 Å². The molecule has 3 heteroatoms. The van der Waals surface area contributed by atoms with Gasteiger partial charge in [0.05, 0.1) is 18.6 Å². The lowest BCUT2D eigenvalue weighted by molar-refractivity contribution is -0.155. The standard InChI is InChI=1S/C9H18O3/c1-5-9(11,6-2)7(3)8(10)12-4/h7,11H,5-6H2,1-4H3. The molecule has 0 aromatic heterocycles. The van der Waals surface area contributed by atoms with Crippen LogP contribution in [0.1, 0.15) is 33.6 Å². The molecule has 0 aliphatic rings. The molecular formula is C9H18O3. The van der Waals surface area contributed by atoms with E-state index in [0.29, 0.717) is 12.8 Å². The number of hydrogen-bond acceptors (Lipinski definition) is 3. The summed E-state index contributed by atoms with van der Waals surface area (Å²) < 4.78 is 4.56. The molecule has 0 fully saturated rings. The molecule has 0 rings (SSSR count). The maximum atomic E-state index is 11.1. The van der Waals surface area contributed by atoms with Crippen molar-refractivity contribution in [2.75, 3.05) is 7.11 Å². The van der Waals surface area contributed by atoms with Crippen molar-refractivity contribution in [3.63, 3.8) is 0 Å². The Hall–Kier alpha value is -0.570. The first-order valence-corrected chi connectivity index (χ1v) is 4.32. The van der Waals surface area contributed by atoms with Crippen molar-refractivity contribution in [3.8, 4) is 0 Å². The van der Waals surface area contributed by atoms with E-state index in [0.717, 1.165) is 0 Å². The summed E-state index contributed by atoms with van der Waals surface area (Å²) in [7, 11) is 1.34. The largest absolute Gasteiger partial charge is 0.469 e. The first-order valence-electron chi connectivity index (χ1n) is 4.32. The highest BCUT2D eigenvalue weighted by atomic mass is 16.5. The third-order valence-electron chi connectivity index (χ3n) is 2.59. The molecule has 0 radical (unpaired) electrons. The Bertz CT molecular complexity index is 150. The summed E-state index contributed by atoms with van der Waals surface area (Å²) >= 11 is 0. The van der Waals surface area contributed by atoms with Gasteiger partial charge in [0.2, 0.25) is 0 Å². The number of carbonyl (C=O) groups is 1. The lowest BCUT2D eigenvalue weighted by Gasteiger charge is -2.30. The molecule has 72 valence electrons. The van der Waals surface area contributed by atoms with Gasteiger partial charge in [-0.3, -0.25) is 4.79 Å². The minimum atomic E-state index is -0.910. The summed E-state index contributed by atoms with van der Waals surface area (Å²) in [4.78, 5) is 11.1. The maximum absolute atomic E-state index is 11.1. The molecule has 0 heterocycles. The van der Waals surface area contributed by atoms with Crippen molar-refractivity contribution < 1.29 is 14.6 Å². The molecule has 0 saturated heterocycles. The predicted molar refractivity (Wildman–Crippen MR) is 46.7 cm³/mol. The molecule has 0 spiro atoms. The first kappa shape index (κ1) is 11.4. The van der Waals surface area contributed by atoms with Gasteiger partial charge in [-0.15, -0.1) is 0 Å². The zero-order valence-corrected chi connectivity index (χ0v) is 8.26. The van der Waals surface area contributed by atoms with Crippen LogP contribution in [0.4, 0.5) is 0 Å². The van der Waals surface area contributed by atoms with Gasteiger partial charge in [0, 0.05) is 0 Å². The molecule has 0 saturated carbocycles. The smallest absolute Gasteiger partial charge is 0.311 e. The summed E-state index contributed by atoms with van der Waals surface area (Å²) in [6.07, 6.45) is 1.14. The fraction of sp³-hybridized carbons (Fsp3) is 0.889. The lowest BCUT2D eigenvalue weighted by atomic mass is 9.84. The van der Waals surface area contributed by atoms with Crippen LogP contribution in [-0.4, -0.2) is 23.8 Å². The van der Waals surface area contributed by atoms with Gasteiger partial charge in [-0.25, -0.2) is 0 Å². The molecule has 0 bridgehead atoms. The molecule has 0 amide bonds. The minimum absolute atomic E-state index is 0.346. The summed E-state index contributed by atoms with van der Waals surface area (Å²) in [5.41, 5.74) is -0.910. The van der Waals surface area contributed by atoms with Crippen molar-refractivity contribution in [1.29, 1.82) is 0 Å². The fourth-order valence-electron chi connectivity index (χ4n) is 1.26. The Labute approximate surface area is 73.7 Å². The van der Waals surface area contributed by atoms with E-state index in [1.165, 1.54) is 7.11 Å². The molecule has 3 nitrogen and oxygen atoms in total. The molecule has 1 unspecified atom stereocenters.